The van der Waals surface area contributed by atoms with Gasteiger partial charge in [0, 0.05) is 4.83 Å². The molecule has 0 N–H and O–H groups in total. The summed E-state index contributed by atoms with van der Waals surface area (Å²) in [6, 6.07) is 2.09. The van der Waals surface area contributed by atoms with E-state index in [0.717, 1.165) is 5.92 Å². The van der Waals surface area contributed by atoms with Crippen LogP contribution in [-0.2, 0) is 0 Å². The summed E-state index contributed by atoms with van der Waals surface area (Å²) in [6.45, 7) is 0. The van der Waals surface area contributed by atoms with Crippen molar-refractivity contribution in [3.63, 3.8) is 0 Å². The molecule has 1 saturated carbocycles. The van der Waals surface area contributed by atoms with Gasteiger partial charge in [-0.3, -0.25) is 0 Å². The molecule has 1 nitrogen and oxygen atoms in total. The van der Waals surface area contributed by atoms with Crippen LogP contribution in [0.25, 0.3) is 0 Å². The van der Waals surface area contributed by atoms with Crippen LogP contribution >= 0.6 is 15.9 Å². The highest BCUT2D eigenvalue weighted by Crippen LogP contribution is 2.35. The van der Waals surface area contributed by atoms with Gasteiger partial charge in [0.25, 0.3) is 0 Å². The summed E-state index contributed by atoms with van der Waals surface area (Å²) in [6.07, 6.45) is 8.91. The lowest BCUT2D eigenvalue weighted by Gasteiger charge is -2.24. The Morgan fingerprint density at radius 1 is 1.42 bits per heavy atom. The van der Waals surface area contributed by atoms with E-state index in [1.165, 1.54) is 31.2 Å². The Labute approximate surface area is 81.3 Å². The maximum absolute atomic E-state index is 5.09. The Morgan fingerprint density at radius 2 is 2.33 bits per heavy atom. The summed E-state index contributed by atoms with van der Waals surface area (Å²) in [5, 5.41) is 0. The highest BCUT2D eigenvalue weighted by Gasteiger charge is 2.21. The second-order valence-electron chi connectivity index (χ2n) is 3.52. The first kappa shape index (κ1) is 8.36. The van der Waals surface area contributed by atoms with Gasteiger partial charge in [-0.1, -0.05) is 22.4 Å². The molecule has 2 atom stereocenters. The van der Waals surface area contributed by atoms with Crippen LogP contribution in [0.5, 0.6) is 0 Å². The molecular formula is C10H13BrO. The van der Waals surface area contributed by atoms with Crippen molar-refractivity contribution in [2.45, 2.75) is 36.4 Å². The molecule has 0 aliphatic heterocycles. The van der Waals surface area contributed by atoms with E-state index < -0.39 is 0 Å². The highest BCUT2D eigenvalue weighted by atomic mass is 79.9. The topological polar surface area (TPSA) is 13.1 Å². The number of halogens is 1. The number of alkyl halides is 1. The van der Waals surface area contributed by atoms with Gasteiger partial charge in [0.15, 0.2) is 0 Å². The quantitative estimate of drug-likeness (QED) is 0.669. The minimum Gasteiger partial charge on any atom is -0.472 e. The van der Waals surface area contributed by atoms with Crippen molar-refractivity contribution in [2.75, 3.05) is 0 Å². The van der Waals surface area contributed by atoms with Crippen LogP contribution in [0.2, 0.25) is 0 Å². The average Bonchev–Trinajstić information content (AvgIpc) is 2.56. The van der Waals surface area contributed by atoms with E-state index >= 15 is 0 Å². The zero-order valence-electron chi connectivity index (χ0n) is 7.00. The number of hydrogen-bond acceptors (Lipinski definition) is 1. The summed E-state index contributed by atoms with van der Waals surface area (Å²) in [4.78, 5) is 0.714. The maximum Gasteiger partial charge on any atom is 0.0937 e. The zero-order chi connectivity index (χ0) is 8.39. The largest absolute Gasteiger partial charge is 0.472 e. The number of furan rings is 1. The van der Waals surface area contributed by atoms with Crippen LogP contribution in [0.3, 0.4) is 0 Å². The molecule has 2 heteroatoms. The SMILES string of the molecule is BrC1CCCC(c2ccoc2)C1. The summed E-state index contributed by atoms with van der Waals surface area (Å²) in [7, 11) is 0. The molecule has 0 radical (unpaired) electrons. The van der Waals surface area contributed by atoms with Gasteiger partial charge in [-0.15, -0.1) is 0 Å². The Bertz CT molecular complexity index is 230. The molecule has 0 aromatic carbocycles. The smallest absolute Gasteiger partial charge is 0.0937 e. The van der Waals surface area contributed by atoms with E-state index in [-0.39, 0.29) is 0 Å². The van der Waals surface area contributed by atoms with Crippen molar-refractivity contribution in [3.05, 3.63) is 24.2 Å². The van der Waals surface area contributed by atoms with E-state index in [4.69, 9.17) is 4.42 Å². The third-order valence-electron chi connectivity index (χ3n) is 2.62. The van der Waals surface area contributed by atoms with Crippen molar-refractivity contribution in [1.82, 2.24) is 0 Å². The van der Waals surface area contributed by atoms with Crippen molar-refractivity contribution in [1.29, 1.82) is 0 Å². The maximum atomic E-state index is 5.09. The van der Waals surface area contributed by atoms with Crippen LogP contribution in [0.15, 0.2) is 23.0 Å². The fraction of sp³-hybridized carbons (Fsp3) is 0.600. The lowest BCUT2D eigenvalue weighted by molar-refractivity contribution is 0.453. The minimum absolute atomic E-state index is 0.714. The first-order valence-corrected chi connectivity index (χ1v) is 5.44. The molecule has 0 spiro atoms. The molecule has 66 valence electrons. The van der Waals surface area contributed by atoms with Crippen LogP contribution in [0, 0.1) is 0 Å². The summed E-state index contributed by atoms with van der Waals surface area (Å²) >= 11 is 3.68. The molecule has 0 bridgehead atoms. The van der Waals surface area contributed by atoms with Gasteiger partial charge >= 0.3 is 0 Å². The summed E-state index contributed by atoms with van der Waals surface area (Å²) in [5.41, 5.74) is 1.37. The standard InChI is InChI=1S/C10H13BrO/c11-10-3-1-2-8(6-10)9-4-5-12-7-9/h4-5,7-8,10H,1-3,6H2. The first-order valence-electron chi connectivity index (χ1n) is 4.52. The average molecular weight is 229 g/mol. The van der Waals surface area contributed by atoms with E-state index in [2.05, 4.69) is 22.0 Å². The van der Waals surface area contributed by atoms with Gasteiger partial charge in [-0.2, -0.15) is 0 Å². The normalized spacial score (nSPS) is 30.4. The summed E-state index contributed by atoms with van der Waals surface area (Å²) < 4.78 is 5.09. The Kier molecular flexibility index (Phi) is 2.54. The molecule has 1 aliphatic carbocycles. The molecule has 1 fully saturated rings. The Hall–Kier alpha value is -0.240. The molecule has 1 aromatic heterocycles. The van der Waals surface area contributed by atoms with Crippen molar-refractivity contribution in [2.24, 2.45) is 0 Å². The molecule has 1 aliphatic rings. The van der Waals surface area contributed by atoms with Crippen LogP contribution in [0.1, 0.15) is 37.2 Å². The van der Waals surface area contributed by atoms with E-state index in [0.29, 0.717) is 4.83 Å². The highest BCUT2D eigenvalue weighted by molar-refractivity contribution is 9.09. The predicted octanol–water partition coefficient (Wildman–Crippen LogP) is 3.70. The third kappa shape index (κ3) is 1.74. The van der Waals surface area contributed by atoms with Crippen LogP contribution in [0.4, 0.5) is 0 Å². The lowest BCUT2D eigenvalue weighted by atomic mass is 9.85. The fourth-order valence-corrected chi connectivity index (χ4v) is 2.72. The fourth-order valence-electron chi connectivity index (χ4n) is 1.94. The second-order valence-corrected chi connectivity index (χ2v) is 4.81. The minimum atomic E-state index is 0.714. The second kappa shape index (κ2) is 3.65. The lowest BCUT2D eigenvalue weighted by Crippen LogP contribution is -2.12. The number of rotatable bonds is 1. The molecular weight excluding hydrogens is 216 g/mol. The predicted molar refractivity (Wildman–Crippen MR) is 52.6 cm³/mol. The summed E-state index contributed by atoms with van der Waals surface area (Å²) in [5.74, 6) is 0.724. The molecule has 1 heterocycles. The van der Waals surface area contributed by atoms with Crippen molar-refractivity contribution >= 4 is 15.9 Å². The molecule has 12 heavy (non-hydrogen) atoms. The van der Waals surface area contributed by atoms with Gasteiger partial charge in [-0.05, 0) is 36.8 Å². The first-order chi connectivity index (χ1) is 5.86. The molecule has 1 aromatic rings. The molecule has 0 saturated heterocycles. The van der Waals surface area contributed by atoms with Crippen molar-refractivity contribution in [3.8, 4) is 0 Å². The molecule has 0 amide bonds. The number of hydrogen-bond donors (Lipinski definition) is 0. The third-order valence-corrected chi connectivity index (χ3v) is 3.46. The van der Waals surface area contributed by atoms with Gasteiger partial charge < -0.3 is 4.42 Å². The molecule has 2 rings (SSSR count). The zero-order valence-corrected chi connectivity index (χ0v) is 8.59. The van der Waals surface area contributed by atoms with E-state index in [9.17, 15) is 0 Å². The van der Waals surface area contributed by atoms with Gasteiger partial charge in [0.2, 0.25) is 0 Å². The van der Waals surface area contributed by atoms with E-state index in [1.54, 1.807) is 6.26 Å². The monoisotopic (exact) mass is 228 g/mol. The van der Waals surface area contributed by atoms with Gasteiger partial charge in [-0.25, -0.2) is 0 Å². The molecule has 2 unspecified atom stereocenters. The van der Waals surface area contributed by atoms with Crippen LogP contribution < -0.4 is 0 Å². The van der Waals surface area contributed by atoms with Crippen molar-refractivity contribution < 1.29 is 4.42 Å². The van der Waals surface area contributed by atoms with Crippen LogP contribution in [-0.4, -0.2) is 4.83 Å². The van der Waals surface area contributed by atoms with Gasteiger partial charge in [0.05, 0.1) is 12.5 Å². The van der Waals surface area contributed by atoms with Gasteiger partial charge in [0.1, 0.15) is 0 Å². The Morgan fingerprint density at radius 3 is 3.00 bits per heavy atom. The van der Waals surface area contributed by atoms with E-state index in [1.807, 2.05) is 6.26 Å². The Balaban J connectivity index is 2.04.